The van der Waals surface area contributed by atoms with E-state index in [-0.39, 0.29) is 21.9 Å². The lowest BCUT2D eigenvalue weighted by Gasteiger charge is -2.20. The summed E-state index contributed by atoms with van der Waals surface area (Å²) < 4.78 is 28.7. The number of carboxylic acid groups (broad SMARTS) is 1. The van der Waals surface area contributed by atoms with E-state index < -0.39 is 29.6 Å². The fourth-order valence-corrected chi connectivity index (χ4v) is 3.45. The summed E-state index contributed by atoms with van der Waals surface area (Å²) in [6.07, 6.45) is 2.68. The zero-order valence-corrected chi connectivity index (χ0v) is 17.1. The predicted octanol–water partition coefficient (Wildman–Crippen LogP) is 4.32. The second-order valence-electron chi connectivity index (χ2n) is 6.99. The van der Waals surface area contributed by atoms with Gasteiger partial charge in [0.15, 0.2) is 17.5 Å². The maximum atomic E-state index is 15.0. The Morgan fingerprint density at radius 3 is 2.62 bits per heavy atom. The minimum Gasteiger partial charge on any atom is -0.481 e. The second-order valence-corrected chi connectivity index (χ2v) is 8.56. The van der Waals surface area contributed by atoms with Crippen LogP contribution in [0.25, 0.3) is 22.4 Å². The van der Waals surface area contributed by atoms with E-state index >= 15 is 4.39 Å². The zero-order valence-electron chi connectivity index (χ0n) is 16.3. The number of carbonyl (C=O) groups is 1. The topological polar surface area (TPSA) is 104 Å². The van der Waals surface area contributed by atoms with Crippen molar-refractivity contribution in [2.45, 2.75) is 44.0 Å². The molecule has 0 spiro atoms. The summed E-state index contributed by atoms with van der Waals surface area (Å²) in [5.41, 5.74) is 0.925. The first-order valence-corrected chi connectivity index (χ1v) is 9.91. The normalized spacial score (nSPS) is 13.6. The summed E-state index contributed by atoms with van der Waals surface area (Å²) in [6, 6.07) is 0.724. The molecule has 3 heterocycles. The third kappa shape index (κ3) is 4.47. The van der Waals surface area contributed by atoms with Gasteiger partial charge in [0.25, 0.3) is 0 Å². The van der Waals surface area contributed by atoms with Crippen molar-refractivity contribution in [2.75, 3.05) is 5.32 Å². The van der Waals surface area contributed by atoms with Crippen molar-refractivity contribution < 1.29 is 18.7 Å². The highest BCUT2D eigenvalue weighted by Crippen LogP contribution is 2.33. The first-order chi connectivity index (χ1) is 13.7. The van der Waals surface area contributed by atoms with E-state index in [1.807, 2.05) is 13.8 Å². The van der Waals surface area contributed by atoms with Gasteiger partial charge >= 0.3 is 5.97 Å². The number of thioether (sulfide) groups is 1. The Morgan fingerprint density at radius 2 is 1.97 bits per heavy atom. The molecule has 2 unspecified atom stereocenters. The number of nitrogens with one attached hydrogen (secondary N) is 2. The summed E-state index contributed by atoms with van der Waals surface area (Å²) in [7, 11) is 0. The summed E-state index contributed by atoms with van der Waals surface area (Å²) in [4.78, 5) is 26.8. The van der Waals surface area contributed by atoms with E-state index in [0.717, 1.165) is 6.20 Å². The SMILES string of the molecule is CC(C)Sc1nc(-c2c[nH]c3ncc(F)cc23)nc(NC(C)C(C)C(=O)O)c1F. The summed E-state index contributed by atoms with van der Waals surface area (Å²) in [6.45, 7) is 6.97. The highest BCUT2D eigenvalue weighted by atomic mass is 32.2. The molecule has 3 aromatic rings. The highest BCUT2D eigenvalue weighted by molar-refractivity contribution is 7.99. The molecule has 3 N–H and O–H groups in total. The summed E-state index contributed by atoms with van der Waals surface area (Å²) in [5, 5.41) is 12.7. The van der Waals surface area contributed by atoms with Crippen LogP contribution >= 0.6 is 11.8 Å². The molecule has 0 aromatic carbocycles. The lowest BCUT2D eigenvalue weighted by molar-refractivity contribution is -0.141. The minimum absolute atomic E-state index is 0.0533. The van der Waals surface area contributed by atoms with Crippen molar-refractivity contribution in [2.24, 2.45) is 5.92 Å². The van der Waals surface area contributed by atoms with Gasteiger partial charge in [-0.25, -0.2) is 19.3 Å². The molecule has 0 amide bonds. The van der Waals surface area contributed by atoms with Gasteiger partial charge in [-0.05, 0) is 19.9 Å². The van der Waals surface area contributed by atoms with Crippen LogP contribution in [0.15, 0.2) is 23.5 Å². The van der Waals surface area contributed by atoms with Gasteiger partial charge in [-0.3, -0.25) is 4.79 Å². The fourth-order valence-electron chi connectivity index (χ4n) is 2.66. The van der Waals surface area contributed by atoms with Crippen LogP contribution in [0.2, 0.25) is 0 Å². The van der Waals surface area contributed by atoms with Gasteiger partial charge in [-0.15, -0.1) is 11.8 Å². The Morgan fingerprint density at radius 1 is 1.24 bits per heavy atom. The van der Waals surface area contributed by atoms with Crippen LogP contribution < -0.4 is 5.32 Å². The molecule has 2 atom stereocenters. The Balaban J connectivity index is 2.11. The van der Waals surface area contributed by atoms with Crippen LogP contribution in [0.4, 0.5) is 14.6 Å². The molecular formula is C19H21F2N5O2S. The number of nitrogens with zero attached hydrogens (tertiary/aromatic N) is 3. The van der Waals surface area contributed by atoms with Gasteiger partial charge in [-0.1, -0.05) is 13.8 Å². The summed E-state index contributed by atoms with van der Waals surface area (Å²) >= 11 is 1.22. The number of H-pyrrole nitrogens is 1. The molecule has 0 aliphatic carbocycles. The van der Waals surface area contributed by atoms with Crippen molar-refractivity contribution in [3.05, 3.63) is 30.1 Å². The first-order valence-electron chi connectivity index (χ1n) is 9.04. The lowest BCUT2D eigenvalue weighted by Crippen LogP contribution is -2.30. The molecule has 3 aromatic heterocycles. The largest absolute Gasteiger partial charge is 0.481 e. The molecule has 29 heavy (non-hydrogen) atoms. The third-order valence-corrected chi connectivity index (χ3v) is 5.38. The van der Waals surface area contributed by atoms with Crippen molar-refractivity contribution in [3.63, 3.8) is 0 Å². The number of aromatic amines is 1. The molecule has 154 valence electrons. The molecule has 10 heteroatoms. The number of carboxylic acids is 1. The molecule has 7 nitrogen and oxygen atoms in total. The fraction of sp³-hybridized carbons (Fsp3) is 0.368. The Kier molecular flexibility index (Phi) is 6.02. The monoisotopic (exact) mass is 421 g/mol. The average Bonchev–Trinajstić information content (AvgIpc) is 3.06. The molecular weight excluding hydrogens is 400 g/mol. The maximum absolute atomic E-state index is 15.0. The average molecular weight is 421 g/mol. The first kappa shape index (κ1) is 21.0. The van der Waals surface area contributed by atoms with Crippen molar-refractivity contribution in [3.8, 4) is 11.4 Å². The van der Waals surface area contributed by atoms with E-state index in [0.29, 0.717) is 16.6 Å². The number of rotatable bonds is 7. The standard InChI is InChI=1S/C19H21F2N5O2S/c1-8(2)29-18-14(21)17(24-10(4)9(3)19(27)28)25-16(26-18)13-7-23-15-12(13)5-11(20)6-22-15/h5-10H,1-4H3,(H,22,23)(H,27,28)(H,24,25,26). The van der Waals surface area contributed by atoms with Crippen molar-refractivity contribution in [1.29, 1.82) is 0 Å². The quantitative estimate of drug-likeness (QED) is 0.385. The number of aliphatic carboxylic acids is 1. The molecule has 0 radical (unpaired) electrons. The van der Waals surface area contributed by atoms with E-state index in [9.17, 15) is 14.3 Å². The van der Waals surface area contributed by atoms with Gasteiger partial charge < -0.3 is 15.4 Å². The predicted molar refractivity (Wildman–Crippen MR) is 108 cm³/mol. The Hall–Kier alpha value is -2.75. The van der Waals surface area contributed by atoms with Crippen LogP contribution in [-0.4, -0.2) is 42.3 Å². The molecule has 3 rings (SSSR count). The van der Waals surface area contributed by atoms with Crippen molar-refractivity contribution >= 4 is 34.6 Å². The van der Waals surface area contributed by atoms with E-state index in [1.54, 1.807) is 13.1 Å². The van der Waals surface area contributed by atoms with Gasteiger partial charge in [0.05, 0.1) is 12.1 Å². The van der Waals surface area contributed by atoms with Gasteiger partial charge in [-0.2, -0.15) is 4.39 Å². The second kappa shape index (κ2) is 8.32. The summed E-state index contributed by atoms with van der Waals surface area (Å²) in [5.74, 6) is -2.85. The third-order valence-electron chi connectivity index (χ3n) is 4.41. The number of aromatic nitrogens is 4. The smallest absolute Gasteiger partial charge is 0.308 e. The number of hydrogen-bond acceptors (Lipinski definition) is 6. The Labute approximate surface area is 170 Å². The van der Waals surface area contributed by atoms with Gasteiger partial charge in [0, 0.05) is 28.4 Å². The van der Waals surface area contributed by atoms with Crippen LogP contribution in [0.1, 0.15) is 27.7 Å². The number of fused-ring (bicyclic) bond motifs is 1. The molecule has 0 aliphatic rings. The Bertz CT molecular complexity index is 1060. The van der Waals surface area contributed by atoms with E-state index in [1.165, 1.54) is 24.8 Å². The molecule has 0 bridgehead atoms. The number of hydrogen-bond donors (Lipinski definition) is 3. The molecule has 0 fully saturated rings. The number of pyridine rings is 1. The highest BCUT2D eigenvalue weighted by Gasteiger charge is 2.24. The van der Waals surface area contributed by atoms with Gasteiger partial charge in [0.2, 0.25) is 0 Å². The number of halogens is 2. The van der Waals surface area contributed by atoms with Crippen LogP contribution in [0, 0.1) is 17.6 Å². The maximum Gasteiger partial charge on any atom is 0.308 e. The van der Waals surface area contributed by atoms with E-state index in [2.05, 4.69) is 25.3 Å². The molecule has 0 aliphatic heterocycles. The number of anilines is 1. The van der Waals surface area contributed by atoms with Crippen LogP contribution in [0.3, 0.4) is 0 Å². The minimum atomic E-state index is -1.00. The molecule has 0 saturated carbocycles. The lowest BCUT2D eigenvalue weighted by atomic mass is 10.0. The van der Waals surface area contributed by atoms with Crippen molar-refractivity contribution in [1.82, 2.24) is 19.9 Å². The zero-order chi connectivity index (χ0) is 21.3. The van der Waals surface area contributed by atoms with E-state index in [4.69, 9.17) is 0 Å². The van der Waals surface area contributed by atoms with Crippen LogP contribution in [-0.2, 0) is 4.79 Å². The molecule has 0 saturated heterocycles. The van der Waals surface area contributed by atoms with Crippen LogP contribution in [0.5, 0.6) is 0 Å². The van der Waals surface area contributed by atoms with Gasteiger partial charge in [0.1, 0.15) is 16.5 Å².